The van der Waals surface area contributed by atoms with E-state index in [4.69, 9.17) is 16.3 Å². The Morgan fingerprint density at radius 1 is 1.06 bits per heavy atom. The number of allylic oxidation sites excluding steroid dienone is 1. The summed E-state index contributed by atoms with van der Waals surface area (Å²) in [7, 11) is 1.63. The summed E-state index contributed by atoms with van der Waals surface area (Å²) in [5.74, 6) is 1.24. The minimum Gasteiger partial charge on any atom is -0.497 e. The fourth-order valence-corrected chi connectivity index (χ4v) is 4.21. The number of benzene rings is 3. The molecule has 36 heavy (non-hydrogen) atoms. The molecule has 1 amide bonds. The summed E-state index contributed by atoms with van der Waals surface area (Å²) in [6, 6.07) is 25.3. The van der Waals surface area contributed by atoms with Crippen molar-refractivity contribution in [2.24, 2.45) is 5.10 Å². The number of ether oxygens (including phenoxy) is 1. The molecule has 0 atom stereocenters. The van der Waals surface area contributed by atoms with Crippen molar-refractivity contribution < 1.29 is 9.53 Å². The van der Waals surface area contributed by atoms with Crippen LogP contribution in [0.2, 0.25) is 0 Å². The predicted molar refractivity (Wildman–Crippen MR) is 146 cm³/mol. The molecule has 0 fully saturated rings. The standard InChI is InChI=1S/C27H24ClN5O2S/c1-19-8-12-23(13-9-19)33-26(21-10-14-24(35-2)15-11-21)31-32-27(33)36-18-25(34)30-29-17-22(28)16-20-6-4-3-5-7-20/h3-17H,18H2,1-2H3,(H,30,34). The van der Waals surface area contributed by atoms with Gasteiger partial charge >= 0.3 is 0 Å². The number of hydrazone groups is 1. The number of carbonyl (C=O) groups excluding carboxylic acids is 1. The Morgan fingerprint density at radius 3 is 2.47 bits per heavy atom. The van der Waals surface area contributed by atoms with Gasteiger partial charge in [-0.25, -0.2) is 5.43 Å². The van der Waals surface area contributed by atoms with Crippen molar-refractivity contribution >= 4 is 41.6 Å². The van der Waals surface area contributed by atoms with E-state index in [0.717, 1.165) is 28.1 Å². The van der Waals surface area contributed by atoms with E-state index in [1.54, 1.807) is 13.2 Å². The Kier molecular flexibility index (Phi) is 8.54. The van der Waals surface area contributed by atoms with Crippen molar-refractivity contribution in [1.29, 1.82) is 0 Å². The van der Waals surface area contributed by atoms with Gasteiger partial charge in [0.05, 0.1) is 24.1 Å². The third-order valence-corrected chi connectivity index (χ3v) is 6.22. The quantitative estimate of drug-likeness (QED) is 0.174. The molecule has 4 rings (SSSR count). The van der Waals surface area contributed by atoms with Gasteiger partial charge in [0.15, 0.2) is 11.0 Å². The van der Waals surface area contributed by atoms with Crippen LogP contribution in [-0.4, -0.2) is 39.7 Å². The highest BCUT2D eigenvalue weighted by Gasteiger charge is 2.17. The van der Waals surface area contributed by atoms with Crippen molar-refractivity contribution in [3.8, 4) is 22.8 Å². The van der Waals surface area contributed by atoms with E-state index < -0.39 is 0 Å². The van der Waals surface area contributed by atoms with Crippen LogP contribution in [0.25, 0.3) is 23.2 Å². The van der Waals surface area contributed by atoms with Gasteiger partial charge in [-0.1, -0.05) is 71.4 Å². The van der Waals surface area contributed by atoms with Gasteiger partial charge in [0.25, 0.3) is 5.91 Å². The monoisotopic (exact) mass is 517 g/mol. The number of nitrogens with one attached hydrogen (secondary N) is 1. The van der Waals surface area contributed by atoms with Crippen LogP contribution in [0.3, 0.4) is 0 Å². The van der Waals surface area contributed by atoms with E-state index in [2.05, 4.69) is 20.7 Å². The number of aryl methyl sites for hydroxylation is 1. The summed E-state index contributed by atoms with van der Waals surface area (Å²) in [5, 5.41) is 13.7. The van der Waals surface area contributed by atoms with E-state index >= 15 is 0 Å². The van der Waals surface area contributed by atoms with Gasteiger partial charge in [-0.3, -0.25) is 9.36 Å². The number of hydrogen-bond acceptors (Lipinski definition) is 6. The van der Waals surface area contributed by atoms with Crippen molar-refractivity contribution in [3.05, 3.63) is 95.0 Å². The predicted octanol–water partition coefficient (Wildman–Crippen LogP) is 5.73. The van der Waals surface area contributed by atoms with Crippen LogP contribution >= 0.6 is 23.4 Å². The highest BCUT2D eigenvalue weighted by atomic mass is 35.5. The lowest BCUT2D eigenvalue weighted by molar-refractivity contribution is -0.118. The van der Waals surface area contributed by atoms with Crippen LogP contribution in [0.4, 0.5) is 0 Å². The molecule has 0 radical (unpaired) electrons. The molecule has 0 bridgehead atoms. The zero-order valence-corrected chi connectivity index (χ0v) is 21.3. The lowest BCUT2D eigenvalue weighted by Crippen LogP contribution is -2.19. The molecule has 182 valence electrons. The summed E-state index contributed by atoms with van der Waals surface area (Å²) in [5.41, 5.74) is 6.36. The number of thioether (sulfide) groups is 1. The Labute approximate surface area is 218 Å². The summed E-state index contributed by atoms with van der Waals surface area (Å²) < 4.78 is 7.20. The van der Waals surface area contributed by atoms with Crippen LogP contribution in [0.15, 0.2) is 94.2 Å². The summed E-state index contributed by atoms with van der Waals surface area (Å²) in [6.45, 7) is 2.03. The first-order valence-corrected chi connectivity index (χ1v) is 12.4. The molecule has 0 aliphatic heterocycles. The molecule has 1 N–H and O–H groups in total. The number of rotatable bonds is 9. The van der Waals surface area contributed by atoms with Gasteiger partial charge in [0.2, 0.25) is 0 Å². The molecule has 0 spiro atoms. The summed E-state index contributed by atoms with van der Waals surface area (Å²) >= 11 is 7.45. The lowest BCUT2D eigenvalue weighted by Gasteiger charge is -2.11. The first-order valence-electron chi connectivity index (χ1n) is 11.1. The molecule has 0 aliphatic carbocycles. The summed E-state index contributed by atoms with van der Waals surface area (Å²) in [6.07, 6.45) is 3.16. The largest absolute Gasteiger partial charge is 0.497 e. The maximum absolute atomic E-state index is 12.4. The highest BCUT2D eigenvalue weighted by molar-refractivity contribution is 7.99. The zero-order chi connectivity index (χ0) is 25.3. The van der Waals surface area contributed by atoms with Gasteiger partial charge in [-0.05, 0) is 55.0 Å². The van der Waals surface area contributed by atoms with Crippen LogP contribution in [0, 0.1) is 6.92 Å². The van der Waals surface area contributed by atoms with Gasteiger partial charge in [-0.2, -0.15) is 5.10 Å². The summed E-state index contributed by atoms with van der Waals surface area (Å²) in [4.78, 5) is 12.4. The van der Waals surface area contributed by atoms with Crippen molar-refractivity contribution in [1.82, 2.24) is 20.2 Å². The molecule has 1 aromatic heterocycles. The highest BCUT2D eigenvalue weighted by Crippen LogP contribution is 2.29. The molecule has 1 heterocycles. The van der Waals surface area contributed by atoms with E-state index in [0.29, 0.717) is 16.0 Å². The normalized spacial score (nSPS) is 11.6. The number of aromatic nitrogens is 3. The topological polar surface area (TPSA) is 81.4 Å². The van der Waals surface area contributed by atoms with Crippen LogP contribution in [-0.2, 0) is 4.79 Å². The lowest BCUT2D eigenvalue weighted by atomic mass is 10.2. The number of hydrogen-bond donors (Lipinski definition) is 1. The van der Waals surface area contributed by atoms with Crippen LogP contribution < -0.4 is 10.2 Å². The number of carbonyl (C=O) groups is 1. The zero-order valence-electron chi connectivity index (χ0n) is 19.8. The maximum Gasteiger partial charge on any atom is 0.250 e. The SMILES string of the molecule is COc1ccc(-c2nnc(SCC(=O)NN=CC(Cl)=Cc3ccccc3)n2-c2ccc(C)cc2)cc1. The van der Waals surface area contributed by atoms with Crippen molar-refractivity contribution in [2.45, 2.75) is 12.1 Å². The first-order chi connectivity index (χ1) is 17.5. The van der Waals surface area contributed by atoms with Crippen molar-refractivity contribution in [3.63, 3.8) is 0 Å². The van der Waals surface area contributed by atoms with E-state index in [-0.39, 0.29) is 11.7 Å². The molecular formula is C27H24ClN5O2S. The Hall–Kier alpha value is -3.88. The van der Waals surface area contributed by atoms with E-state index in [1.807, 2.05) is 90.4 Å². The second kappa shape index (κ2) is 12.2. The Morgan fingerprint density at radius 2 is 1.78 bits per heavy atom. The molecule has 0 aliphatic rings. The minimum absolute atomic E-state index is 0.101. The average Bonchev–Trinajstić information content (AvgIpc) is 3.32. The van der Waals surface area contributed by atoms with Gasteiger partial charge < -0.3 is 4.74 Å². The second-order valence-corrected chi connectivity index (χ2v) is 9.11. The number of nitrogens with zero attached hydrogens (tertiary/aromatic N) is 4. The molecule has 3 aromatic carbocycles. The average molecular weight is 518 g/mol. The Balaban J connectivity index is 1.47. The molecule has 0 saturated carbocycles. The molecular weight excluding hydrogens is 494 g/mol. The third-order valence-electron chi connectivity index (χ3n) is 5.09. The molecule has 0 unspecified atom stereocenters. The number of halogens is 1. The van der Waals surface area contributed by atoms with Crippen LogP contribution in [0.1, 0.15) is 11.1 Å². The fraction of sp³-hybridized carbons (Fsp3) is 0.111. The molecule has 4 aromatic rings. The fourth-order valence-electron chi connectivity index (χ4n) is 3.29. The molecule has 7 nitrogen and oxygen atoms in total. The second-order valence-electron chi connectivity index (χ2n) is 7.73. The Bertz CT molecular complexity index is 1370. The van der Waals surface area contributed by atoms with Gasteiger partial charge in [0, 0.05) is 11.3 Å². The number of methoxy groups -OCH3 is 1. The van der Waals surface area contributed by atoms with Crippen molar-refractivity contribution in [2.75, 3.05) is 12.9 Å². The van der Waals surface area contributed by atoms with E-state index in [9.17, 15) is 4.79 Å². The molecule has 0 saturated heterocycles. The smallest absolute Gasteiger partial charge is 0.250 e. The van der Waals surface area contributed by atoms with E-state index in [1.165, 1.54) is 18.0 Å². The number of amides is 1. The first kappa shape index (κ1) is 25.2. The van der Waals surface area contributed by atoms with Gasteiger partial charge in [-0.15, -0.1) is 10.2 Å². The minimum atomic E-state index is -0.287. The van der Waals surface area contributed by atoms with Crippen LogP contribution in [0.5, 0.6) is 5.75 Å². The maximum atomic E-state index is 12.4. The van der Waals surface area contributed by atoms with Gasteiger partial charge in [0.1, 0.15) is 5.75 Å². The molecule has 9 heteroatoms. The third kappa shape index (κ3) is 6.62.